The summed E-state index contributed by atoms with van der Waals surface area (Å²) in [6.07, 6.45) is 1.63. The number of rotatable bonds is 2. The van der Waals surface area contributed by atoms with Crippen molar-refractivity contribution >= 4 is 11.9 Å². The summed E-state index contributed by atoms with van der Waals surface area (Å²) in [5, 5.41) is 0. The fourth-order valence-corrected chi connectivity index (χ4v) is 1.88. The van der Waals surface area contributed by atoms with Gasteiger partial charge in [0, 0.05) is 13.5 Å². The van der Waals surface area contributed by atoms with Gasteiger partial charge in [-0.15, -0.1) is 0 Å². The average Bonchev–Trinajstić information content (AvgIpc) is 2.44. The Hall–Kier alpha value is -1.06. The molecule has 1 atom stereocenters. The van der Waals surface area contributed by atoms with Crippen LogP contribution in [0.25, 0.3) is 0 Å². The Morgan fingerprint density at radius 3 is 2.62 bits per heavy atom. The zero-order chi connectivity index (χ0) is 10.1. The normalized spacial score (nSPS) is 27.9. The fourth-order valence-electron chi connectivity index (χ4n) is 1.88. The molecule has 1 heterocycles. The molecule has 0 spiro atoms. The van der Waals surface area contributed by atoms with Crippen LogP contribution in [0.15, 0.2) is 0 Å². The standard InChI is InChI=1S/C9H15NO3/c1-4-9(8(12)13-3)6-5-7(11)10(9)2/h4-6H2,1-3H3. The molecule has 1 aliphatic rings. The van der Waals surface area contributed by atoms with Crippen molar-refractivity contribution in [3.8, 4) is 0 Å². The highest BCUT2D eigenvalue weighted by atomic mass is 16.5. The first-order valence-electron chi connectivity index (χ1n) is 4.43. The van der Waals surface area contributed by atoms with Crippen molar-refractivity contribution in [2.45, 2.75) is 31.7 Å². The first-order chi connectivity index (χ1) is 6.08. The molecule has 1 unspecified atom stereocenters. The van der Waals surface area contributed by atoms with E-state index in [0.717, 1.165) is 0 Å². The van der Waals surface area contributed by atoms with Crippen LogP contribution in [-0.2, 0) is 14.3 Å². The molecule has 0 aromatic carbocycles. The molecule has 74 valence electrons. The minimum Gasteiger partial charge on any atom is -0.467 e. The van der Waals surface area contributed by atoms with Gasteiger partial charge in [-0.05, 0) is 12.8 Å². The average molecular weight is 185 g/mol. The third kappa shape index (κ3) is 1.30. The molecule has 0 aromatic heterocycles. The number of hydrogen-bond donors (Lipinski definition) is 0. The van der Waals surface area contributed by atoms with Gasteiger partial charge in [0.25, 0.3) is 0 Å². The van der Waals surface area contributed by atoms with Crippen molar-refractivity contribution < 1.29 is 14.3 Å². The van der Waals surface area contributed by atoms with Gasteiger partial charge >= 0.3 is 5.97 Å². The maximum atomic E-state index is 11.5. The van der Waals surface area contributed by atoms with Crippen LogP contribution in [0.3, 0.4) is 0 Å². The number of methoxy groups -OCH3 is 1. The Kier molecular flexibility index (Phi) is 2.59. The Bertz CT molecular complexity index is 239. The summed E-state index contributed by atoms with van der Waals surface area (Å²) in [5.74, 6) is -0.282. The third-order valence-corrected chi connectivity index (χ3v) is 2.92. The van der Waals surface area contributed by atoms with E-state index in [2.05, 4.69) is 0 Å². The van der Waals surface area contributed by atoms with Crippen LogP contribution in [0.2, 0.25) is 0 Å². The third-order valence-electron chi connectivity index (χ3n) is 2.92. The summed E-state index contributed by atoms with van der Waals surface area (Å²) >= 11 is 0. The van der Waals surface area contributed by atoms with Crippen LogP contribution in [0.1, 0.15) is 26.2 Å². The Labute approximate surface area is 77.8 Å². The molecule has 0 radical (unpaired) electrons. The van der Waals surface area contributed by atoms with Crippen molar-refractivity contribution in [1.82, 2.24) is 4.90 Å². The number of ether oxygens (including phenoxy) is 1. The molecular weight excluding hydrogens is 170 g/mol. The number of esters is 1. The molecule has 4 heteroatoms. The summed E-state index contributed by atoms with van der Waals surface area (Å²) < 4.78 is 4.71. The van der Waals surface area contributed by atoms with Crippen LogP contribution in [0.4, 0.5) is 0 Å². The number of hydrogen-bond acceptors (Lipinski definition) is 3. The van der Waals surface area contributed by atoms with Crippen LogP contribution < -0.4 is 0 Å². The first-order valence-corrected chi connectivity index (χ1v) is 4.43. The van der Waals surface area contributed by atoms with E-state index in [1.54, 1.807) is 7.05 Å². The minimum absolute atomic E-state index is 0.0206. The summed E-state index contributed by atoms with van der Waals surface area (Å²) in [7, 11) is 3.02. The summed E-state index contributed by atoms with van der Waals surface area (Å²) in [5.41, 5.74) is -0.703. The summed E-state index contributed by atoms with van der Waals surface area (Å²) in [6.45, 7) is 1.89. The van der Waals surface area contributed by atoms with Crippen molar-refractivity contribution in [2.75, 3.05) is 14.2 Å². The fraction of sp³-hybridized carbons (Fsp3) is 0.778. The number of likely N-dealkylation sites (N-methyl/N-ethyl adjacent to an activating group) is 1. The van der Waals surface area contributed by atoms with Crippen LogP contribution >= 0.6 is 0 Å². The van der Waals surface area contributed by atoms with E-state index in [9.17, 15) is 9.59 Å². The van der Waals surface area contributed by atoms with E-state index < -0.39 is 5.54 Å². The molecule has 1 aliphatic heterocycles. The van der Waals surface area contributed by atoms with Crippen LogP contribution in [-0.4, -0.2) is 36.5 Å². The molecule has 13 heavy (non-hydrogen) atoms. The molecule has 4 nitrogen and oxygen atoms in total. The Balaban J connectivity index is 2.94. The molecule has 0 aromatic rings. The second kappa shape index (κ2) is 3.36. The Morgan fingerprint density at radius 2 is 2.31 bits per heavy atom. The highest BCUT2D eigenvalue weighted by molar-refractivity contribution is 5.91. The topological polar surface area (TPSA) is 46.6 Å². The van der Waals surface area contributed by atoms with Gasteiger partial charge in [-0.25, -0.2) is 4.79 Å². The molecule has 1 fully saturated rings. The lowest BCUT2D eigenvalue weighted by molar-refractivity contribution is -0.156. The molecule has 1 saturated heterocycles. The lowest BCUT2D eigenvalue weighted by Crippen LogP contribution is -2.50. The molecule has 1 rings (SSSR count). The highest BCUT2D eigenvalue weighted by Crippen LogP contribution is 2.32. The van der Waals surface area contributed by atoms with Gasteiger partial charge in [-0.1, -0.05) is 6.92 Å². The van der Waals surface area contributed by atoms with Crippen LogP contribution in [0.5, 0.6) is 0 Å². The smallest absolute Gasteiger partial charge is 0.331 e. The number of nitrogens with zero attached hydrogens (tertiary/aromatic N) is 1. The number of likely N-dealkylation sites (tertiary alicyclic amines) is 1. The lowest BCUT2D eigenvalue weighted by Gasteiger charge is -2.31. The molecule has 0 N–H and O–H groups in total. The van der Waals surface area contributed by atoms with Crippen molar-refractivity contribution in [1.29, 1.82) is 0 Å². The van der Waals surface area contributed by atoms with Gasteiger partial charge in [0.2, 0.25) is 5.91 Å². The quantitative estimate of drug-likeness (QED) is 0.590. The monoisotopic (exact) mass is 185 g/mol. The van der Waals surface area contributed by atoms with E-state index >= 15 is 0 Å². The lowest BCUT2D eigenvalue weighted by atomic mass is 9.93. The molecule has 0 bridgehead atoms. The van der Waals surface area contributed by atoms with Crippen molar-refractivity contribution in [3.05, 3.63) is 0 Å². The van der Waals surface area contributed by atoms with Gasteiger partial charge in [0.15, 0.2) is 0 Å². The zero-order valence-corrected chi connectivity index (χ0v) is 8.29. The second-order valence-corrected chi connectivity index (χ2v) is 3.33. The van der Waals surface area contributed by atoms with Crippen molar-refractivity contribution in [2.24, 2.45) is 0 Å². The van der Waals surface area contributed by atoms with Gasteiger partial charge in [0.1, 0.15) is 5.54 Å². The second-order valence-electron chi connectivity index (χ2n) is 3.33. The van der Waals surface area contributed by atoms with Crippen LogP contribution in [0, 0.1) is 0 Å². The highest BCUT2D eigenvalue weighted by Gasteiger charge is 2.48. The molecule has 0 aliphatic carbocycles. The van der Waals surface area contributed by atoms with E-state index in [-0.39, 0.29) is 11.9 Å². The van der Waals surface area contributed by atoms with Crippen molar-refractivity contribution in [3.63, 3.8) is 0 Å². The first kappa shape index (κ1) is 10.0. The maximum Gasteiger partial charge on any atom is 0.331 e. The summed E-state index contributed by atoms with van der Waals surface area (Å²) in [6, 6.07) is 0. The van der Waals surface area contributed by atoms with Gasteiger partial charge < -0.3 is 9.64 Å². The van der Waals surface area contributed by atoms with E-state index in [1.807, 2.05) is 6.92 Å². The zero-order valence-electron chi connectivity index (χ0n) is 8.29. The SMILES string of the molecule is CCC1(C(=O)OC)CCC(=O)N1C. The molecule has 0 saturated carbocycles. The molecule has 1 amide bonds. The van der Waals surface area contributed by atoms with E-state index in [0.29, 0.717) is 19.3 Å². The largest absolute Gasteiger partial charge is 0.467 e. The minimum atomic E-state index is -0.703. The number of amides is 1. The predicted molar refractivity (Wildman–Crippen MR) is 47.0 cm³/mol. The van der Waals surface area contributed by atoms with Gasteiger partial charge in [-0.2, -0.15) is 0 Å². The van der Waals surface area contributed by atoms with Gasteiger partial charge in [-0.3, -0.25) is 4.79 Å². The summed E-state index contributed by atoms with van der Waals surface area (Å²) in [4.78, 5) is 24.3. The van der Waals surface area contributed by atoms with Gasteiger partial charge in [0.05, 0.1) is 7.11 Å². The Morgan fingerprint density at radius 1 is 1.69 bits per heavy atom. The van der Waals surface area contributed by atoms with E-state index in [1.165, 1.54) is 12.0 Å². The number of carbonyl (C=O) groups is 2. The molecular formula is C9H15NO3. The predicted octanol–water partition coefficient (Wildman–Crippen LogP) is 0.560. The number of carbonyl (C=O) groups excluding carboxylic acids is 2. The van der Waals surface area contributed by atoms with E-state index in [4.69, 9.17) is 4.74 Å². The maximum absolute atomic E-state index is 11.5.